The number of sulfonamides is 1. The highest BCUT2D eigenvalue weighted by atomic mass is 32.2. The number of nitrogens with one attached hydrogen (secondary N) is 2. The van der Waals surface area contributed by atoms with Gasteiger partial charge in [0, 0.05) is 11.7 Å². The van der Waals surface area contributed by atoms with E-state index in [1.165, 1.54) is 30.3 Å². The van der Waals surface area contributed by atoms with Gasteiger partial charge in [-0.1, -0.05) is 6.07 Å². The fraction of sp³-hybridized carbons (Fsp3) is 0.300. The first-order valence-electron chi connectivity index (χ1n) is 9.09. The quantitative estimate of drug-likeness (QED) is 0.640. The Balaban J connectivity index is 1.62. The zero-order chi connectivity index (χ0) is 21.0. The second-order valence-corrected chi connectivity index (χ2v) is 8.59. The standard InChI is InChI=1S/C20H21FN2O5S/c1-13(14-5-6-14)22-19(24)12-28-20(25)15-3-2-4-18(11-15)29(26,27)23-17-9-7-16(21)8-10-17/h2-4,7-11,13-14,23H,5-6,12H2,1H3,(H,22,24). The van der Waals surface area contributed by atoms with Gasteiger partial charge in [-0.3, -0.25) is 9.52 Å². The van der Waals surface area contributed by atoms with E-state index < -0.39 is 34.3 Å². The third-order valence-corrected chi connectivity index (χ3v) is 5.91. The van der Waals surface area contributed by atoms with Crippen molar-refractivity contribution < 1.29 is 27.1 Å². The molecule has 1 unspecified atom stereocenters. The van der Waals surface area contributed by atoms with Crippen LogP contribution in [0.1, 0.15) is 30.1 Å². The van der Waals surface area contributed by atoms with Gasteiger partial charge in [-0.05, 0) is 68.1 Å². The van der Waals surface area contributed by atoms with Crippen LogP contribution in [0.2, 0.25) is 0 Å². The van der Waals surface area contributed by atoms with Gasteiger partial charge in [0.15, 0.2) is 6.61 Å². The van der Waals surface area contributed by atoms with Crippen LogP contribution >= 0.6 is 0 Å². The summed E-state index contributed by atoms with van der Waals surface area (Å²) in [4.78, 5) is 23.9. The van der Waals surface area contributed by atoms with E-state index in [1.807, 2.05) is 6.92 Å². The summed E-state index contributed by atoms with van der Waals surface area (Å²) in [6, 6.07) is 10.1. The number of hydrogen-bond donors (Lipinski definition) is 2. The average molecular weight is 420 g/mol. The SMILES string of the molecule is CC(NC(=O)COC(=O)c1cccc(S(=O)(=O)Nc2ccc(F)cc2)c1)C1CC1. The molecule has 0 bridgehead atoms. The zero-order valence-electron chi connectivity index (χ0n) is 15.7. The van der Waals surface area contributed by atoms with Gasteiger partial charge in [0.05, 0.1) is 10.5 Å². The second-order valence-electron chi connectivity index (χ2n) is 6.91. The number of ether oxygens (including phenoxy) is 1. The molecule has 1 aliphatic carbocycles. The molecule has 0 aromatic heterocycles. The van der Waals surface area contributed by atoms with E-state index >= 15 is 0 Å². The lowest BCUT2D eigenvalue weighted by atomic mass is 10.2. The summed E-state index contributed by atoms with van der Waals surface area (Å²) < 4.78 is 45.3. The molecule has 9 heteroatoms. The Morgan fingerprint density at radius 3 is 2.52 bits per heavy atom. The third kappa shape index (κ3) is 5.77. The summed E-state index contributed by atoms with van der Waals surface area (Å²) in [7, 11) is -3.99. The minimum absolute atomic E-state index is 0.00461. The van der Waals surface area contributed by atoms with E-state index in [1.54, 1.807) is 0 Å². The smallest absolute Gasteiger partial charge is 0.338 e. The van der Waals surface area contributed by atoms with Gasteiger partial charge < -0.3 is 10.1 Å². The van der Waals surface area contributed by atoms with E-state index in [0.29, 0.717) is 5.92 Å². The van der Waals surface area contributed by atoms with Crippen LogP contribution < -0.4 is 10.0 Å². The molecule has 7 nitrogen and oxygen atoms in total. The molecule has 0 saturated heterocycles. The fourth-order valence-electron chi connectivity index (χ4n) is 2.75. The lowest BCUT2D eigenvalue weighted by Gasteiger charge is -2.13. The van der Waals surface area contributed by atoms with E-state index in [4.69, 9.17) is 4.74 Å². The minimum Gasteiger partial charge on any atom is -0.452 e. The monoisotopic (exact) mass is 420 g/mol. The zero-order valence-corrected chi connectivity index (χ0v) is 16.5. The molecule has 1 aliphatic rings. The maximum Gasteiger partial charge on any atom is 0.338 e. The molecule has 0 aliphatic heterocycles. The number of carbonyl (C=O) groups is 2. The molecule has 154 valence electrons. The van der Waals surface area contributed by atoms with E-state index in [9.17, 15) is 22.4 Å². The molecule has 2 aromatic carbocycles. The number of esters is 1. The highest BCUT2D eigenvalue weighted by Gasteiger charge is 2.29. The minimum atomic E-state index is -3.99. The van der Waals surface area contributed by atoms with Crippen molar-refractivity contribution in [2.45, 2.75) is 30.7 Å². The van der Waals surface area contributed by atoms with Gasteiger partial charge in [-0.15, -0.1) is 0 Å². The van der Waals surface area contributed by atoms with Gasteiger partial charge in [0.25, 0.3) is 15.9 Å². The number of rotatable bonds is 8. The van der Waals surface area contributed by atoms with Crippen molar-refractivity contribution in [3.8, 4) is 0 Å². The van der Waals surface area contributed by atoms with E-state index in [2.05, 4.69) is 10.0 Å². The van der Waals surface area contributed by atoms with Crippen LogP contribution in [-0.4, -0.2) is 32.9 Å². The van der Waals surface area contributed by atoms with E-state index in [0.717, 1.165) is 31.0 Å². The summed E-state index contributed by atoms with van der Waals surface area (Å²) in [5.41, 5.74) is 0.177. The second kappa shape index (κ2) is 8.60. The molecule has 0 spiro atoms. The van der Waals surface area contributed by atoms with Crippen molar-refractivity contribution in [1.82, 2.24) is 5.32 Å². The molecule has 1 atom stereocenters. The molecule has 29 heavy (non-hydrogen) atoms. The maximum atomic E-state index is 13.0. The highest BCUT2D eigenvalue weighted by molar-refractivity contribution is 7.92. The first-order valence-corrected chi connectivity index (χ1v) is 10.6. The fourth-order valence-corrected chi connectivity index (χ4v) is 3.85. The number of benzene rings is 2. The maximum absolute atomic E-state index is 13.0. The van der Waals surface area contributed by atoms with Gasteiger partial charge in [0.1, 0.15) is 5.82 Å². The molecular weight excluding hydrogens is 399 g/mol. The number of amides is 1. The molecular formula is C20H21FN2O5S. The summed E-state index contributed by atoms with van der Waals surface area (Å²) in [6.45, 7) is 1.46. The van der Waals surface area contributed by atoms with Gasteiger partial charge in [-0.25, -0.2) is 17.6 Å². The van der Waals surface area contributed by atoms with Crippen molar-refractivity contribution in [2.24, 2.45) is 5.92 Å². The molecule has 2 N–H and O–H groups in total. The predicted octanol–water partition coefficient (Wildman–Crippen LogP) is 2.70. The summed E-state index contributed by atoms with van der Waals surface area (Å²) in [5.74, 6) is -1.23. The Hall–Kier alpha value is -2.94. The average Bonchev–Trinajstić information content (AvgIpc) is 3.53. The van der Waals surface area contributed by atoms with Crippen LogP contribution in [0.4, 0.5) is 10.1 Å². The normalized spacial score (nSPS) is 14.7. The van der Waals surface area contributed by atoms with E-state index in [-0.39, 0.29) is 22.2 Å². The summed E-state index contributed by atoms with van der Waals surface area (Å²) in [6.07, 6.45) is 2.16. The Labute approximate surface area is 168 Å². The topological polar surface area (TPSA) is 102 Å². The molecule has 1 fully saturated rings. The summed E-state index contributed by atoms with van der Waals surface area (Å²) >= 11 is 0. The Morgan fingerprint density at radius 2 is 1.86 bits per heavy atom. The van der Waals surface area contributed by atoms with Crippen molar-refractivity contribution in [1.29, 1.82) is 0 Å². The van der Waals surface area contributed by atoms with Crippen molar-refractivity contribution in [2.75, 3.05) is 11.3 Å². The molecule has 0 heterocycles. The number of halogens is 1. The lowest BCUT2D eigenvalue weighted by Crippen LogP contribution is -2.37. The van der Waals surface area contributed by atoms with Crippen LogP contribution in [0.5, 0.6) is 0 Å². The largest absolute Gasteiger partial charge is 0.452 e. The molecule has 3 rings (SSSR count). The van der Waals surface area contributed by atoms with Crippen LogP contribution in [0.3, 0.4) is 0 Å². The van der Waals surface area contributed by atoms with Crippen LogP contribution in [-0.2, 0) is 19.6 Å². The lowest BCUT2D eigenvalue weighted by molar-refractivity contribution is -0.124. The molecule has 2 aromatic rings. The Kier molecular flexibility index (Phi) is 6.17. The summed E-state index contributed by atoms with van der Waals surface area (Å²) in [5, 5.41) is 2.77. The van der Waals surface area contributed by atoms with Crippen molar-refractivity contribution in [3.63, 3.8) is 0 Å². The van der Waals surface area contributed by atoms with Crippen LogP contribution in [0, 0.1) is 11.7 Å². The van der Waals surface area contributed by atoms with Gasteiger partial charge >= 0.3 is 5.97 Å². The van der Waals surface area contributed by atoms with Gasteiger partial charge in [0.2, 0.25) is 0 Å². The molecule has 0 radical (unpaired) electrons. The van der Waals surface area contributed by atoms with Crippen molar-refractivity contribution in [3.05, 3.63) is 59.9 Å². The molecule has 1 saturated carbocycles. The van der Waals surface area contributed by atoms with Crippen LogP contribution in [0.25, 0.3) is 0 Å². The van der Waals surface area contributed by atoms with Gasteiger partial charge in [-0.2, -0.15) is 0 Å². The third-order valence-electron chi connectivity index (χ3n) is 4.53. The Bertz CT molecular complexity index is 1000. The molecule has 1 amide bonds. The predicted molar refractivity (Wildman–Crippen MR) is 104 cm³/mol. The van der Waals surface area contributed by atoms with Crippen LogP contribution in [0.15, 0.2) is 53.4 Å². The number of hydrogen-bond acceptors (Lipinski definition) is 5. The number of carbonyl (C=O) groups excluding carboxylic acids is 2. The first kappa shape index (κ1) is 20.8. The number of anilines is 1. The Morgan fingerprint density at radius 1 is 1.17 bits per heavy atom. The first-order chi connectivity index (χ1) is 13.7. The highest BCUT2D eigenvalue weighted by Crippen LogP contribution is 2.32. The van der Waals surface area contributed by atoms with Crippen molar-refractivity contribution >= 4 is 27.6 Å².